The first kappa shape index (κ1) is 20.3. The Hall–Kier alpha value is -2.99. The molecule has 154 valence electrons. The topological polar surface area (TPSA) is 58.2 Å². The summed E-state index contributed by atoms with van der Waals surface area (Å²) >= 11 is 1.42. The Morgan fingerprint density at radius 1 is 1.03 bits per heavy atom. The summed E-state index contributed by atoms with van der Waals surface area (Å²) in [6.07, 6.45) is 2.66. The smallest absolute Gasteiger partial charge is 0.259 e. The molecule has 0 saturated carbocycles. The molecule has 30 heavy (non-hydrogen) atoms. The van der Waals surface area contributed by atoms with Gasteiger partial charge in [-0.05, 0) is 61.4 Å². The molecular weight excluding hydrogens is 399 g/mol. The molecule has 1 heterocycles. The molecule has 0 saturated heterocycles. The minimum absolute atomic E-state index is 0.0394. The first-order valence-corrected chi connectivity index (χ1v) is 10.8. The van der Waals surface area contributed by atoms with Gasteiger partial charge in [0.15, 0.2) is 0 Å². The Balaban J connectivity index is 1.70. The lowest BCUT2D eigenvalue weighted by atomic mass is 9.88. The summed E-state index contributed by atoms with van der Waals surface area (Å²) in [7, 11) is 0. The van der Waals surface area contributed by atoms with E-state index < -0.39 is 11.7 Å². The number of amides is 2. The quantitative estimate of drug-likeness (QED) is 0.556. The van der Waals surface area contributed by atoms with Crippen LogP contribution in [0.4, 0.5) is 15.1 Å². The van der Waals surface area contributed by atoms with E-state index in [1.807, 2.05) is 31.2 Å². The number of hydrogen-bond acceptors (Lipinski definition) is 3. The second kappa shape index (κ2) is 8.40. The third-order valence-corrected chi connectivity index (χ3v) is 6.65. The van der Waals surface area contributed by atoms with Crippen molar-refractivity contribution in [2.45, 2.75) is 33.1 Å². The lowest BCUT2D eigenvalue weighted by Gasteiger charge is -2.19. The Morgan fingerprint density at radius 2 is 1.77 bits per heavy atom. The monoisotopic (exact) mass is 422 g/mol. The highest BCUT2D eigenvalue weighted by Crippen LogP contribution is 2.40. The molecule has 2 amide bonds. The Morgan fingerprint density at radius 3 is 2.53 bits per heavy atom. The Labute approximate surface area is 179 Å². The molecule has 3 aromatic rings. The van der Waals surface area contributed by atoms with Crippen molar-refractivity contribution in [2.75, 3.05) is 10.6 Å². The number of rotatable bonds is 4. The van der Waals surface area contributed by atoms with Crippen molar-refractivity contribution in [3.05, 3.63) is 81.5 Å². The number of fused-ring (bicyclic) bond motifs is 1. The molecule has 1 aromatic heterocycles. The first-order valence-electron chi connectivity index (χ1n) is 10.0. The van der Waals surface area contributed by atoms with Crippen LogP contribution >= 0.6 is 11.3 Å². The van der Waals surface area contributed by atoms with Crippen molar-refractivity contribution in [1.82, 2.24) is 0 Å². The lowest BCUT2D eigenvalue weighted by Crippen LogP contribution is -2.20. The van der Waals surface area contributed by atoms with Gasteiger partial charge in [0, 0.05) is 10.6 Å². The maximum Gasteiger partial charge on any atom is 0.259 e. The van der Waals surface area contributed by atoms with Crippen molar-refractivity contribution in [3.8, 4) is 0 Å². The summed E-state index contributed by atoms with van der Waals surface area (Å²) < 4.78 is 14.1. The second-order valence-electron chi connectivity index (χ2n) is 7.76. The number of aryl methyl sites for hydroxylation is 1. The molecule has 1 aliphatic carbocycles. The van der Waals surface area contributed by atoms with E-state index in [0.29, 0.717) is 16.5 Å². The fourth-order valence-corrected chi connectivity index (χ4v) is 5.20. The van der Waals surface area contributed by atoms with Crippen LogP contribution < -0.4 is 10.6 Å². The van der Waals surface area contributed by atoms with Gasteiger partial charge in [0.1, 0.15) is 10.8 Å². The Kier molecular flexibility index (Phi) is 5.68. The maximum absolute atomic E-state index is 14.1. The maximum atomic E-state index is 14.1. The summed E-state index contributed by atoms with van der Waals surface area (Å²) in [5, 5.41) is 6.26. The largest absolute Gasteiger partial charge is 0.322 e. The van der Waals surface area contributed by atoms with Crippen LogP contribution in [0.5, 0.6) is 0 Å². The third-order valence-electron chi connectivity index (χ3n) is 5.48. The summed E-state index contributed by atoms with van der Waals surface area (Å²) in [6.45, 7) is 4.12. The Bertz CT molecular complexity index is 1120. The number of para-hydroxylation sites is 1. The molecule has 0 unspecified atom stereocenters. The van der Waals surface area contributed by atoms with E-state index >= 15 is 0 Å². The van der Waals surface area contributed by atoms with Gasteiger partial charge in [0.25, 0.3) is 11.8 Å². The van der Waals surface area contributed by atoms with Gasteiger partial charge in [0.05, 0.1) is 11.1 Å². The fraction of sp³-hybridized carbons (Fsp3) is 0.250. The van der Waals surface area contributed by atoms with Crippen LogP contribution in [-0.4, -0.2) is 11.8 Å². The molecule has 4 nitrogen and oxygen atoms in total. The van der Waals surface area contributed by atoms with Gasteiger partial charge in [0.2, 0.25) is 0 Å². The van der Waals surface area contributed by atoms with Crippen molar-refractivity contribution in [3.63, 3.8) is 0 Å². The average Bonchev–Trinajstić information content (AvgIpc) is 3.06. The summed E-state index contributed by atoms with van der Waals surface area (Å²) in [5.74, 6) is -0.862. The van der Waals surface area contributed by atoms with Gasteiger partial charge in [-0.3, -0.25) is 9.59 Å². The average molecular weight is 423 g/mol. The van der Waals surface area contributed by atoms with Crippen LogP contribution in [0.1, 0.15) is 50.1 Å². The van der Waals surface area contributed by atoms with Crippen LogP contribution in [0.3, 0.4) is 0 Å². The number of benzene rings is 2. The van der Waals surface area contributed by atoms with E-state index in [-0.39, 0.29) is 11.5 Å². The number of carbonyl (C=O) groups excluding carboxylic acids is 2. The molecule has 2 N–H and O–H groups in total. The molecule has 1 atom stereocenters. The first-order chi connectivity index (χ1) is 14.4. The van der Waals surface area contributed by atoms with Gasteiger partial charge in [-0.15, -0.1) is 11.3 Å². The predicted molar refractivity (Wildman–Crippen MR) is 119 cm³/mol. The van der Waals surface area contributed by atoms with Crippen molar-refractivity contribution in [1.29, 1.82) is 0 Å². The highest BCUT2D eigenvalue weighted by atomic mass is 32.1. The number of nitrogens with one attached hydrogen (secondary N) is 2. The summed E-state index contributed by atoms with van der Waals surface area (Å²) in [5.41, 5.74) is 3.14. The molecule has 0 radical (unpaired) electrons. The van der Waals surface area contributed by atoms with Crippen LogP contribution in [0.25, 0.3) is 0 Å². The molecule has 0 fully saturated rings. The number of hydrogen-bond donors (Lipinski definition) is 2. The van der Waals surface area contributed by atoms with Gasteiger partial charge >= 0.3 is 0 Å². The van der Waals surface area contributed by atoms with Crippen LogP contribution in [0.15, 0.2) is 48.5 Å². The lowest BCUT2D eigenvalue weighted by molar-refractivity contribution is 0.102. The van der Waals surface area contributed by atoms with Gasteiger partial charge in [-0.1, -0.05) is 37.3 Å². The normalized spacial score (nSPS) is 15.4. The van der Waals surface area contributed by atoms with E-state index in [4.69, 9.17) is 0 Å². The van der Waals surface area contributed by atoms with Gasteiger partial charge in [-0.25, -0.2) is 4.39 Å². The van der Waals surface area contributed by atoms with E-state index in [1.54, 1.807) is 12.1 Å². The summed E-state index contributed by atoms with van der Waals surface area (Å²) in [4.78, 5) is 27.1. The molecule has 4 rings (SSSR count). The van der Waals surface area contributed by atoms with Crippen molar-refractivity contribution >= 4 is 33.8 Å². The highest BCUT2D eigenvalue weighted by Gasteiger charge is 2.29. The molecule has 0 bridgehead atoms. The second-order valence-corrected chi connectivity index (χ2v) is 8.86. The van der Waals surface area contributed by atoms with Crippen molar-refractivity contribution in [2.24, 2.45) is 5.92 Å². The zero-order valence-corrected chi connectivity index (χ0v) is 17.7. The zero-order chi connectivity index (χ0) is 21.3. The van der Waals surface area contributed by atoms with Crippen LogP contribution in [-0.2, 0) is 12.8 Å². The van der Waals surface area contributed by atoms with E-state index in [2.05, 4.69) is 17.6 Å². The molecule has 6 heteroatoms. The third kappa shape index (κ3) is 4.00. The van der Waals surface area contributed by atoms with Gasteiger partial charge < -0.3 is 10.6 Å². The van der Waals surface area contributed by atoms with E-state index in [9.17, 15) is 14.0 Å². The van der Waals surface area contributed by atoms with Crippen molar-refractivity contribution < 1.29 is 14.0 Å². The number of thiophene rings is 1. The molecule has 0 spiro atoms. The van der Waals surface area contributed by atoms with Crippen LogP contribution in [0.2, 0.25) is 0 Å². The predicted octanol–water partition coefficient (Wildman–Crippen LogP) is 5.83. The number of anilines is 2. The van der Waals surface area contributed by atoms with E-state index in [0.717, 1.165) is 41.0 Å². The minimum atomic E-state index is -0.587. The highest BCUT2D eigenvalue weighted by molar-refractivity contribution is 7.17. The number of halogens is 1. The SMILES string of the molecule is Cc1ccccc1NC(=O)c1c(NC(=O)c2ccccc2F)sc2c1CC[C@H](C)C2. The number of carbonyl (C=O) groups is 2. The molecular formula is C24H23FN2O2S. The van der Waals surface area contributed by atoms with Crippen LogP contribution in [0, 0.1) is 18.7 Å². The van der Waals surface area contributed by atoms with Gasteiger partial charge in [-0.2, -0.15) is 0 Å². The molecule has 2 aromatic carbocycles. The minimum Gasteiger partial charge on any atom is -0.322 e. The molecule has 0 aliphatic heterocycles. The molecule has 1 aliphatic rings. The van der Waals surface area contributed by atoms with E-state index in [1.165, 1.54) is 23.5 Å². The summed E-state index contributed by atoms with van der Waals surface area (Å²) in [6, 6.07) is 13.4. The fourth-order valence-electron chi connectivity index (χ4n) is 3.79. The standard InChI is InChI=1S/C24H23FN2O2S/c1-14-11-12-17-20(13-14)30-24(27-22(28)16-8-4-5-9-18(16)25)21(17)23(29)26-19-10-6-3-7-15(19)2/h3-10,14H,11-13H2,1-2H3,(H,26,29)(H,27,28)/t14-/m0/s1. The zero-order valence-electron chi connectivity index (χ0n) is 16.9.